The molecular formula is C21H25N3O4. The standard InChI is InChI=1S/C21H25N3O4/c1-27-14-15-5-2-3-7-19(15)20(25)23-16-8-10-17(11-9-16)24-21(26)22-13-18-6-4-12-28-18/h2-3,5,7-11,18H,4,6,12-14H2,1H3,(H,23,25)(H2,22,24,26). The largest absolute Gasteiger partial charge is 0.380 e. The normalized spacial score (nSPS) is 15.8. The zero-order valence-electron chi connectivity index (χ0n) is 15.9. The van der Waals surface area contributed by atoms with Crippen LogP contribution in [0.4, 0.5) is 16.2 Å². The topological polar surface area (TPSA) is 88.7 Å². The minimum atomic E-state index is -0.277. The summed E-state index contributed by atoms with van der Waals surface area (Å²) >= 11 is 0. The van der Waals surface area contributed by atoms with Gasteiger partial charge in [0.2, 0.25) is 0 Å². The van der Waals surface area contributed by atoms with Crippen LogP contribution >= 0.6 is 0 Å². The molecule has 3 rings (SSSR count). The van der Waals surface area contributed by atoms with Gasteiger partial charge in [-0.15, -0.1) is 0 Å². The van der Waals surface area contributed by atoms with E-state index in [4.69, 9.17) is 9.47 Å². The maximum absolute atomic E-state index is 12.5. The highest BCUT2D eigenvalue weighted by Crippen LogP contribution is 2.17. The first-order valence-electron chi connectivity index (χ1n) is 9.30. The Morgan fingerprint density at radius 2 is 1.79 bits per heavy atom. The van der Waals surface area contributed by atoms with E-state index in [1.54, 1.807) is 37.4 Å². The van der Waals surface area contributed by atoms with Crippen molar-refractivity contribution in [3.8, 4) is 0 Å². The molecule has 0 aromatic heterocycles. The van der Waals surface area contributed by atoms with E-state index in [-0.39, 0.29) is 18.0 Å². The Balaban J connectivity index is 1.52. The molecular weight excluding hydrogens is 358 g/mol. The van der Waals surface area contributed by atoms with Crippen LogP contribution in [0, 0.1) is 0 Å². The number of amides is 3. The smallest absolute Gasteiger partial charge is 0.319 e. The molecule has 1 aliphatic rings. The van der Waals surface area contributed by atoms with Gasteiger partial charge >= 0.3 is 6.03 Å². The summed E-state index contributed by atoms with van der Waals surface area (Å²) in [5.74, 6) is -0.206. The summed E-state index contributed by atoms with van der Waals surface area (Å²) in [4.78, 5) is 24.5. The molecule has 1 atom stereocenters. The minimum absolute atomic E-state index is 0.101. The summed E-state index contributed by atoms with van der Waals surface area (Å²) in [7, 11) is 1.59. The predicted molar refractivity (Wildman–Crippen MR) is 108 cm³/mol. The summed E-state index contributed by atoms with van der Waals surface area (Å²) in [6, 6.07) is 14.0. The van der Waals surface area contributed by atoms with E-state index in [9.17, 15) is 9.59 Å². The van der Waals surface area contributed by atoms with Gasteiger partial charge < -0.3 is 25.4 Å². The van der Waals surface area contributed by atoms with E-state index in [0.29, 0.717) is 30.1 Å². The van der Waals surface area contributed by atoms with Crippen molar-refractivity contribution in [2.75, 3.05) is 30.9 Å². The van der Waals surface area contributed by atoms with Crippen LogP contribution < -0.4 is 16.0 Å². The van der Waals surface area contributed by atoms with Crippen molar-refractivity contribution in [3.05, 3.63) is 59.7 Å². The number of anilines is 2. The first kappa shape index (κ1) is 19.9. The Bertz CT molecular complexity index is 802. The van der Waals surface area contributed by atoms with Gasteiger partial charge in [-0.05, 0) is 48.7 Å². The van der Waals surface area contributed by atoms with Crippen LogP contribution in [0.1, 0.15) is 28.8 Å². The minimum Gasteiger partial charge on any atom is -0.380 e. The maximum atomic E-state index is 12.5. The van der Waals surface area contributed by atoms with Crippen molar-refractivity contribution in [1.82, 2.24) is 5.32 Å². The molecule has 0 bridgehead atoms. The average Bonchev–Trinajstić information content (AvgIpc) is 3.22. The molecule has 1 saturated heterocycles. The molecule has 3 N–H and O–H groups in total. The van der Waals surface area contributed by atoms with Crippen LogP contribution in [0.5, 0.6) is 0 Å². The first-order valence-corrected chi connectivity index (χ1v) is 9.30. The van der Waals surface area contributed by atoms with Gasteiger partial charge in [0.05, 0.1) is 12.7 Å². The summed E-state index contributed by atoms with van der Waals surface area (Å²) in [6.07, 6.45) is 2.11. The highest BCUT2D eigenvalue weighted by Gasteiger charge is 2.16. The van der Waals surface area contributed by atoms with Crippen molar-refractivity contribution >= 4 is 23.3 Å². The number of hydrogen-bond donors (Lipinski definition) is 3. The predicted octanol–water partition coefficient (Wildman–Crippen LogP) is 3.39. The average molecular weight is 383 g/mol. The molecule has 1 unspecified atom stereocenters. The van der Waals surface area contributed by atoms with Gasteiger partial charge in [0.25, 0.3) is 5.91 Å². The van der Waals surface area contributed by atoms with Crippen LogP contribution in [0.3, 0.4) is 0 Å². The fraction of sp³-hybridized carbons (Fsp3) is 0.333. The number of carbonyl (C=O) groups excluding carboxylic acids is 2. The Morgan fingerprint density at radius 3 is 2.46 bits per heavy atom. The maximum Gasteiger partial charge on any atom is 0.319 e. The molecule has 7 heteroatoms. The molecule has 3 amide bonds. The van der Waals surface area contributed by atoms with Gasteiger partial charge in [0.15, 0.2) is 0 Å². The molecule has 148 valence electrons. The van der Waals surface area contributed by atoms with Crippen molar-refractivity contribution in [2.24, 2.45) is 0 Å². The lowest BCUT2D eigenvalue weighted by molar-refractivity contribution is 0.102. The Hall–Kier alpha value is -2.90. The van der Waals surface area contributed by atoms with Crippen molar-refractivity contribution in [3.63, 3.8) is 0 Å². The fourth-order valence-electron chi connectivity index (χ4n) is 3.05. The van der Waals surface area contributed by atoms with Gasteiger partial charge in [-0.25, -0.2) is 4.79 Å². The lowest BCUT2D eigenvalue weighted by atomic mass is 10.1. The zero-order chi connectivity index (χ0) is 19.8. The molecule has 1 heterocycles. The van der Waals surface area contributed by atoms with Gasteiger partial charge in [-0.3, -0.25) is 4.79 Å². The second kappa shape index (κ2) is 9.87. The summed E-state index contributed by atoms with van der Waals surface area (Å²) in [5, 5.41) is 8.43. The number of nitrogens with one attached hydrogen (secondary N) is 3. The third kappa shape index (κ3) is 5.55. The lowest BCUT2D eigenvalue weighted by Crippen LogP contribution is -2.35. The molecule has 7 nitrogen and oxygen atoms in total. The first-order chi connectivity index (χ1) is 13.7. The second-order valence-electron chi connectivity index (χ2n) is 6.59. The van der Waals surface area contributed by atoms with Gasteiger partial charge in [-0.1, -0.05) is 18.2 Å². The van der Waals surface area contributed by atoms with E-state index in [0.717, 1.165) is 25.0 Å². The second-order valence-corrected chi connectivity index (χ2v) is 6.59. The highest BCUT2D eigenvalue weighted by atomic mass is 16.5. The van der Waals surface area contributed by atoms with Crippen molar-refractivity contribution in [1.29, 1.82) is 0 Å². The zero-order valence-corrected chi connectivity index (χ0v) is 15.9. The van der Waals surface area contributed by atoms with E-state index in [1.165, 1.54) is 0 Å². The molecule has 2 aromatic carbocycles. The van der Waals surface area contributed by atoms with Crippen LogP contribution in [-0.2, 0) is 16.1 Å². The summed E-state index contributed by atoms with van der Waals surface area (Å²) < 4.78 is 10.6. The Labute approximate surface area is 164 Å². The summed E-state index contributed by atoms with van der Waals surface area (Å²) in [5.41, 5.74) is 2.67. The molecule has 0 saturated carbocycles. The monoisotopic (exact) mass is 383 g/mol. The highest BCUT2D eigenvalue weighted by molar-refractivity contribution is 6.05. The SMILES string of the molecule is COCc1ccccc1C(=O)Nc1ccc(NC(=O)NCC2CCCO2)cc1. The number of hydrogen-bond acceptors (Lipinski definition) is 4. The van der Waals surface area contributed by atoms with E-state index in [1.807, 2.05) is 18.2 Å². The Kier molecular flexibility index (Phi) is 7.00. The number of rotatable bonds is 7. The van der Waals surface area contributed by atoms with Gasteiger partial charge in [-0.2, -0.15) is 0 Å². The van der Waals surface area contributed by atoms with Crippen LogP contribution in [0.15, 0.2) is 48.5 Å². The van der Waals surface area contributed by atoms with Crippen molar-refractivity contribution < 1.29 is 19.1 Å². The Morgan fingerprint density at radius 1 is 1.07 bits per heavy atom. The molecule has 0 radical (unpaired) electrons. The van der Waals surface area contributed by atoms with Gasteiger partial charge in [0.1, 0.15) is 0 Å². The van der Waals surface area contributed by atoms with E-state index in [2.05, 4.69) is 16.0 Å². The van der Waals surface area contributed by atoms with Crippen LogP contribution in [0.25, 0.3) is 0 Å². The number of urea groups is 1. The van der Waals surface area contributed by atoms with Crippen molar-refractivity contribution in [2.45, 2.75) is 25.6 Å². The molecule has 0 aliphatic carbocycles. The molecule has 28 heavy (non-hydrogen) atoms. The number of benzene rings is 2. The van der Waals surface area contributed by atoms with Gasteiger partial charge in [0, 0.05) is 37.2 Å². The van der Waals surface area contributed by atoms with Crippen LogP contribution in [-0.4, -0.2) is 38.3 Å². The third-order valence-electron chi connectivity index (χ3n) is 4.48. The molecule has 0 spiro atoms. The number of methoxy groups -OCH3 is 1. The quantitative estimate of drug-likeness (QED) is 0.684. The summed E-state index contributed by atoms with van der Waals surface area (Å²) in [6.45, 7) is 1.63. The van der Waals surface area contributed by atoms with E-state index >= 15 is 0 Å². The van der Waals surface area contributed by atoms with Crippen LogP contribution in [0.2, 0.25) is 0 Å². The fourth-order valence-corrected chi connectivity index (χ4v) is 3.05. The molecule has 1 fully saturated rings. The number of ether oxygens (including phenoxy) is 2. The number of carbonyl (C=O) groups is 2. The molecule has 2 aromatic rings. The molecule has 1 aliphatic heterocycles. The van der Waals surface area contributed by atoms with E-state index < -0.39 is 0 Å². The lowest BCUT2D eigenvalue weighted by Gasteiger charge is -2.12. The third-order valence-corrected chi connectivity index (χ3v) is 4.48.